The third-order valence-electron chi connectivity index (χ3n) is 5.03. The average molecular weight is 469 g/mol. The molecule has 3 aromatic carbocycles. The highest BCUT2D eigenvalue weighted by Crippen LogP contribution is 2.24. The maximum atomic E-state index is 13.0. The van der Waals surface area contributed by atoms with Gasteiger partial charge in [-0.1, -0.05) is 48.0 Å². The molecule has 0 aliphatic heterocycles. The van der Waals surface area contributed by atoms with Gasteiger partial charge in [-0.05, 0) is 42.8 Å². The van der Waals surface area contributed by atoms with E-state index in [0.717, 1.165) is 15.4 Å². The molecule has 0 spiro atoms. The van der Waals surface area contributed by atoms with Gasteiger partial charge in [0.05, 0.1) is 22.5 Å². The fourth-order valence-corrected chi connectivity index (χ4v) is 4.55. The van der Waals surface area contributed by atoms with Crippen LogP contribution >= 0.6 is 11.6 Å². The number of anilines is 1. The van der Waals surface area contributed by atoms with Gasteiger partial charge in [-0.2, -0.15) is 4.31 Å². The predicted molar refractivity (Wildman–Crippen MR) is 126 cm³/mol. The zero-order valence-electron chi connectivity index (χ0n) is 17.5. The number of imidazole rings is 1. The molecule has 32 heavy (non-hydrogen) atoms. The number of aromatic amines is 1. The molecule has 2 N–H and O–H groups in total. The first-order valence-electron chi connectivity index (χ1n) is 9.81. The molecule has 0 unspecified atom stereocenters. The second kappa shape index (κ2) is 8.74. The van der Waals surface area contributed by atoms with E-state index in [-0.39, 0.29) is 11.4 Å². The summed E-state index contributed by atoms with van der Waals surface area (Å²) in [6, 6.07) is 19.3. The molecule has 4 aromatic rings. The lowest BCUT2D eigenvalue weighted by Gasteiger charge is -2.17. The standard InChI is InChI=1S/C23H21ClN4O3S/c1-15-8-9-17(12-19(15)24)25-22(29)14-28(2)32(30,31)18-10-11-20-21(13-18)27-23(26-20)16-6-4-3-5-7-16/h3-13H,14H2,1-2H3,(H,25,29)(H,26,27). The van der Waals surface area contributed by atoms with E-state index in [0.29, 0.717) is 27.6 Å². The van der Waals surface area contributed by atoms with Crippen molar-refractivity contribution in [1.82, 2.24) is 14.3 Å². The fourth-order valence-electron chi connectivity index (χ4n) is 3.22. The van der Waals surface area contributed by atoms with Crippen LogP contribution in [0.1, 0.15) is 5.56 Å². The second-order valence-electron chi connectivity index (χ2n) is 7.40. The van der Waals surface area contributed by atoms with Crippen molar-refractivity contribution in [3.63, 3.8) is 0 Å². The van der Waals surface area contributed by atoms with Crippen LogP contribution in [0.2, 0.25) is 5.02 Å². The number of benzene rings is 3. The monoisotopic (exact) mass is 468 g/mol. The molecule has 164 valence electrons. The third kappa shape index (κ3) is 4.52. The lowest BCUT2D eigenvalue weighted by atomic mass is 10.2. The first-order chi connectivity index (χ1) is 15.2. The summed E-state index contributed by atoms with van der Waals surface area (Å²) in [5.74, 6) is 0.185. The van der Waals surface area contributed by atoms with Crippen LogP contribution in [0.15, 0.2) is 71.6 Å². The van der Waals surface area contributed by atoms with Gasteiger partial charge in [-0.25, -0.2) is 13.4 Å². The smallest absolute Gasteiger partial charge is 0.243 e. The number of halogens is 1. The second-order valence-corrected chi connectivity index (χ2v) is 9.86. The van der Waals surface area contributed by atoms with Crippen LogP contribution in [0.4, 0.5) is 5.69 Å². The number of aromatic nitrogens is 2. The molecule has 1 heterocycles. The van der Waals surface area contributed by atoms with Gasteiger partial charge < -0.3 is 10.3 Å². The minimum atomic E-state index is -3.89. The number of nitrogens with zero attached hydrogens (tertiary/aromatic N) is 2. The molecule has 0 aliphatic rings. The molecule has 9 heteroatoms. The molecule has 0 saturated heterocycles. The van der Waals surface area contributed by atoms with Crippen LogP contribution in [-0.2, 0) is 14.8 Å². The van der Waals surface area contributed by atoms with Gasteiger partial charge in [-0.15, -0.1) is 0 Å². The van der Waals surface area contributed by atoms with E-state index in [9.17, 15) is 13.2 Å². The molecule has 4 rings (SSSR count). The number of nitrogens with one attached hydrogen (secondary N) is 2. The van der Waals surface area contributed by atoms with Gasteiger partial charge in [-0.3, -0.25) is 4.79 Å². The van der Waals surface area contributed by atoms with Crippen LogP contribution in [0.3, 0.4) is 0 Å². The Morgan fingerprint density at radius 3 is 2.56 bits per heavy atom. The number of fused-ring (bicyclic) bond motifs is 1. The van der Waals surface area contributed by atoms with Crippen LogP contribution in [0, 0.1) is 6.92 Å². The molecule has 0 bridgehead atoms. The Hall–Kier alpha value is -3.20. The third-order valence-corrected chi connectivity index (χ3v) is 7.24. The zero-order chi connectivity index (χ0) is 22.9. The first kappa shape index (κ1) is 22.0. The first-order valence-corrected chi connectivity index (χ1v) is 11.6. The molecule has 0 radical (unpaired) electrons. The van der Waals surface area contributed by atoms with Crippen molar-refractivity contribution in [3.8, 4) is 11.4 Å². The van der Waals surface area contributed by atoms with Crippen molar-refractivity contribution in [2.75, 3.05) is 18.9 Å². The summed E-state index contributed by atoms with van der Waals surface area (Å²) in [7, 11) is -2.52. The number of hydrogen-bond donors (Lipinski definition) is 2. The topological polar surface area (TPSA) is 95.2 Å². The van der Waals surface area contributed by atoms with E-state index in [4.69, 9.17) is 11.6 Å². The van der Waals surface area contributed by atoms with Gasteiger partial charge in [0.1, 0.15) is 5.82 Å². The van der Waals surface area contributed by atoms with Crippen molar-refractivity contribution in [2.45, 2.75) is 11.8 Å². The maximum absolute atomic E-state index is 13.0. The van der Waals surface area contributed by atoms with Crippen molar-refractivity contribution in [3.05, 3.63) is 77.3 Å². The predicted octanol–water partition coefficient (Wildman–Crippen LogP) is 4.45. The largest absolute Gasteiger partial charge is 0.338 e. The molecule has 1 aromatic heterocycles. The number of likely N-dealkylation sites (N-methyl/N-ethyl adjacent to an activating group) is 1. The molecule has 0 aliphatic carbocycles. The van der Waals surface area contributed by atoms with Crippen LogP contribution in [0.5, 0.6) is 0 Å². The number of H-pyrrole nitrogens is 1. The van der Waals surface area contributed by atoms with Crippen molar-refractivity contribution >= 4 is 44.3 Å². The molecule has 0 atom stereocenters. The summed E-state index contributed by atoms with van der Waals surface area (Å²) in [4.78, 5) is 20.1. The summed E-state index contributed by atoms with van der Waals surface area (Å²) >= 11 is 6.08. The number of amides is 1. The number of carbonyl (C=O) groups excluding carboxylic acids is 1. The summed E-state index contributed by atoms with van der Waals surface area (Å²) in [5, 5.41) is 3.19. The highest BCUT2D eigenvalue weighted by atomic mass is 35.5. The highest BCUT2D eigenvalue weighted by molar-refractivity contribution is 7.89. The van der Waals surface area contributed by atoms with Crippen LogP contribution in [0.25, 0.3) is 22.4 Å². The van der Waals surface area contributed by atoms with Crippen LogP contribution < -0.4 is 5.32 Å². The lowest BCUT2D eigenvalue weighted by molar-refractivity contribution is -0.116. The molecule has 1 amide bonds. The van der Waals surface area contributed by atoms with Crippen molar-refractivity contribution in [1.29, 1.82) is 0 Å². The minimum Gasteiger partial charge on any atom is -0.338 e. The lowest BCUT2D eigenvalue weighted by Crippen LogP contribution is -2.35. The average Bonchev–Trinajstić information content (AvgIpc) is 3.20. The Morgan fingerprint density at radius 1 is 1.09 bits per heavy atom. The van der Waals surface area contributed by atoms with Gasteiger partial charge in [0.2, 0.25) is 15.9 Å². The summed E-state index contributed by atoms with van der Waals surface area (Å²) in [5.41, 5.74) is 3.53. The summed E-state index contributed by atoms with van der Waals surface area (Å²) < 4.78 is 27.1. The normalized spacial score (nSPS) is 11.8. The molecular weight excluding hydrogens is 448 g/mol. The number of carbonyl (C=O) groups is 1. The molecule has 0 saturated carbocycles. The SMILES string of the molecule is Cc1ccc(NC(=O)CN(C)S(=O)(=O)c2ccc3nc(-c4ccccc4)[nH]c3c2)cc1Cl. The quantitative estimate of drug-likeness (QED) is 0.437. The Bertz CT molecular complexity index is 1400. The Balaban J connectivity index is 1.52. The zero-order valence-corrected chi connectivity index (χ0v) is 19.0. The van der Waals surface area contributed by atoms with Gasteiger partial charge in [0.25, 0.3) is 0 Å². The fraction of sp³-hybridized carbons (Fsp3) is 0.130. The number of aryl methyl sites for hydroxylation is 1. The Morgan fingerprint density at radius 2 is 1.84 bits per heavy atom. The minimum absolute atomic E-state index is 0.0712. The van der Waals surface area contributed by atoms with Crippen molar-refractivity contribution in [2.24, 2.45) is 0 Å². The highest BCUT2D eigenvalue weighted by Gasteiger charge is 2.24. The van der Waals surface area contributed by atoms with E-state index in [1.54, 1.807) is 24.3 Å². The number of sulfonamides is 1. The van der Waals surface area contributed by atoms with E-state index in [1.807, 2.05) is 37.3 Å². The van der Waals surface area contributed by atoms with E-state index < -0.39 is 15.9 Å². The number of rotatable bonds is 6. The van der Waals surface area contributed by atoms with Crippen LogP contribution in [-0.4, -0.2) is 42.2 Å². The molecule has 0 fully saturated rings. The van der Waals surface area contributed by atoms with Crippen molar-refractivity contribution < 1.29 is 13.2 Å². The molecular formula is C23H21ClN4O3S. The summed E-state index contributed by atoms with van der Waals surface area (Å²) in [6.45, 7) is 1.51. The van der Waals surface area contributed by atoms with E-state index in [2.05, 4.69) is 15.3 Å². The Kier molecular flexibility index (Phi) is 6.01. The number of hydrogen-bond acceptors (Lipinski definition) is 4. The summed E-state index contributed by atoms with van der Waals surface area (Å²) in [6.07, 6.45) is 0. The molecule has 7 nitrogen and oxygen atoms in total. The van der Waals surface area contributed by atoms with Gasteiger partial charge in [0, 0.05) is 23.3 Å². The van der Waals surface area contributed by atoms with Gasteiger partial charge >= 0.3 is 0 Å². The van der Waals surface area contributed by atoms with Gasteiger partial charge in [0.15, 0.2) is 0 Å². The van der Waals surface area contributed by atoms with E-state index >= 15 is 0 Å². The Labute approximate surface area is 191 Å². The van der Waals surface area contributed by atoms with E-state index in [1.165, 1.54) is 19.2 Å². The maximum Gasteiger partial charge on any atom is 0.243 e.